The van der Waals surface area contributed by atoms with Gasteiger partial charge in [0.15, 0.2) is 22.8 Å². The maximum Gasteiger partial charge on any atom is 0.259 e. The van der Waals surface area contributed by atoms with E-state index in [0.717, 1.165) is 66.2 Å². The van der Waals surface area contributed by atoms with Crippen molar-refractivity contribution in [1.82, 2.24) is 29.5 Å². The predicted molar refractivity (Wildman–Crippen MR) is 156 cm³/mol. The summed E-state index contributed by atoms with van der Waals surface area (Å²) in [6, 6.07) is 6.55. The molecule has 12 nitrogen and oxygen atoms in total. The Bertz CT molecular complexity index is 1660. The molecule has 210 valence electrons. The number of anilines is 5. The first-order valence-corrected chi connectivity index (χ1v) is 14.1. The van der Waals surface area contributed by atoms with Gasteiger partial charge in [0, 0.05) is 37.0 Å². The number of aliphatic hydroxyl groups is 1. The maximum atomic E-state index is 12.4. The molecule has 41 heavy (non-hydrogen) atoms. The number of pyridine rings is 2. The Labute approximate surface area is 236 Å². The third-order valence-electron chi connectivity index (χ3n) is 7.88. The lowest BCUT2D eigenvalue weighted by atomic mass is 10.1. The van der Waals surface area contributed by atoms with E-state index in [0.29, 0.717) is 23.5 Å². The zero-order chi connectivity index (χ0) is 28.1. The Morgan fingerprint density at radius 2 is 1.90 bits per heavy atom. The lowest BCUT2D eigenvalue weighted by Crippen LogP contribution is -2.22. The summed E-state index contributed by atoms with van der Waals surface area (Å²) in [6.07, 6.45) is 14.8. The molecule has 2 saturated carbocycles. The third kappa shape index (κ3) is 4.84. The number of hydrogen-bond donors (Lipinski definition) is 4. The highest BCUT2D eigenvalue weighted by atomic mass is 16.3. The second-order valence-corrected chi connectivity index (χ2v) is 11.1. The number of aryl methyl sites for hydroxylation is 1. The molecule has 1 amide bonds. The molecule has 2 fully saturated rings. The molecule has 2 atom stereocenters. The first-order chi connectivity index (χ1) is 20.0. The molecular formula is C29H32N10O2. The van der Waals surface area contributed by atoms with Gasteiger partial charge in [0.2, 0.25) is 5.95 Å². The van der Waals surface area contributed by atoms with Crippen LogP contribution in [-0.4, -0.2) is 59.2 Å². The van der Waals surface area contributed by atoms with E-state index in [1.807, 2.05) is 29.7 Å². The lowest BCUT2D eigenvalue weighted by molar-refractivity contribution is 0.102. The highest BCUT2D eigenvalue weighted by Crippen LogP contribution is 2.43. The number of nitrogens with two attached hydrogens (primary N) is 1. The number of carbonyl (C=O) groups is 1. The van der Waals surface area contributed by atoms with Crippen LogP contribution >= 0.6 is 0 Å². The maximum absolute atomic E-state index is 12.4. The van der Waals surface area contributed by atoms with Crippen LogP contribution in [0.15, 0.2) is 49.1 Å². The van der Waals surface area contributed by atoms with E-state index >= 15 is 0 Å². The van der Waals surface area contributed by atoms with Gasteiger partial charge in [-0.05, 0) is 62.8 Å². The first kappa shape index (κ1) is 25.4. The monoisotopic (exact) mass is 552 g/mol. The first-order valence-electron chi connectivity index (χ1n) is 14.1. The number of aromatic nitrogens is 6. The van der Waals surface area contributed by atoms with Crippen LogP contribution in [0.2, 0.25) is 0 Å². The highest BCUT2D eigenvalue weighted by Gasteiger charge is 2.38. The van der Waals surface area contributed by atoms with Crippen LogP contribution in [0.1, 0.15) is 54.1 Å². The third-order valence-corrected chi connectivity index (χ3v) is 7.88. The SMILES string of the molecule is Cc1ccnc2c1NC(=O)c1cccnc1N2C1CC1.Nc1nc(NC2CC2)c2ncn([C@H]3C=C[C@@H](CO)C3)c2n1. The number of nitrogens with zero attached hydrogens (tertiary/aromatic N) is 7. The Morgan fingerprint density at radius 1 is 1.07 bits per heavy atom. The summed E-state index contributed by atoms with van der Waals surface area (Å²) in [5.41, 5.74) is 9.77. The standard InChI is InChI=1S/C15H14N4O.C14H18N6O/c1-9-6-8-17-14-12(9)18-15(20)11-3-2-7-16-13(11)19(14)10-4-5-10;15-14-18-12(17-9-2-3-9)11-13(19-14)20(7-16-11)10-4-1-8(5-10)6-21/h2-3,6-8,10H,4-5H2,1H3,(H,18,20);1,4,7-10,21H,2-3,5-6H2,(H3,15,17,18,19)/t;8-,10+/m.1/s1. The van der Waals surface area contributed by atoms with Gasteiger partial charge in [0.05, 0.1) is 23.6 Å². The Balaban J connectivity index is 0.000000135. The van der Waals surface area contributed by atoms with Crippen molar-refractivity contribution in [3.63, 3.8) is 0 Å². The van der Waals surface area contributed by atoms with Crippen molar-refractivity contribution in [3.05, 3.63) is 60.2 Å². The molecule has 0 bridgehead atoms. The van der Waals surface area contributed by atoms with Crippen molar-refractivity contribution in [3.8, 4) is 0 Å². The quantitative estimate of drug-likeness (QED) is 0.269. The van der Waals surface area contributed by atoms with Gasteiger partial charge in [-0.15, -0.1) is 0 Å². The Morgan fingerprint density at radius 3 is 2.66 bits per heavy atom. The molecule has 5 heterocycles. The second-order valence-electron chi connectivity index (χ2n) is 11.1. The summed E-state index contributed by atoms with van der Waals surface area (Å²) in [5, 5.41) is 15.6. The van der Waals surface area contributed by atoms with Gasteiger partial charge in [0.25, 0.3) is 5.91 Å². The van der Waals surface area contributed by atoms with Crippen molar-refractivity contribution in [1.29, 1.82) is 0 Å². The number of aliphatic hydroxyl groups excluding tert-OH is 1. The van der Waals surface area contributed by atoms with Gasteiger partial charge in [-0.25, -0.2) is 15.0 Å². The fourth-order valence-corrected chi connectivity index (χ4v) is 5.40. The zero-order valence-electron chi connectivity index (χ0n) is 22.7. The summed E-state index contributed by atoms with van der Waals surface area (Å²) < 4.78 is 2.01. The van der Waals surface area contributed by atoms with Crippen LogP contribution in [0, 0.1) is 12.8 Å². The summed E-state index contributed by atoms with van der Waals surface area (Å²) >= 11 is 0. The van der Waals surface area contributed by atoms with Crippen molar-refractivity contribution < 1.29 is 9.90 Å². The van der Waals surface area contributed by atoms with E-state index in [-0.39, 0.29) is 30.4 Å². The molecular weight excluding hydrogens is 520 g/mol. The summed E-state index contributed by atoms with van der Waals surface area (Å²) in [7, 11) is 0. The van der Waals surface area contributed by atoms with Gasteiger partial charge in [-0.3, -0.25) is 4.79 Å². The topological polar surface area (TPSA) is 160 Å². The van der Waals surface area contributed by atoms with Gasteiger partial charge < -0.3 is 30.9 Å². The van der Waals surface area contributed by atoms with E-state index in [1.165, 1.54) is 0 Å². The van der Waals surface area contributed by atoms with Crippen LogP contribution in [0.3, 0.4) is 0 Å². The number of fused-ring (bicyclic) bond motifs is 3. The lowest BCUT2D eigenvalue weighted by Gasteiger charge is -2.23. The minimum Gasteiger partial charge on any atom is -0.396 e. The van der Waals surface area contributed by atoms with Crippen LogP contribution in [0.5, 0.6) is 0 Å². The molecule has 8 rings (SSSR count). The van der Waals surface area contributed by atoms with Crippen molar-refractivity contribution in [2.24, 2.45) is 5.92 Å². The average Bonchev–Trinajstić information content (AvgIpc) is 3.89. The molecule has 3 aliphatic carbocycles. The van der Waals surface area contributed by atoms with Crippen molar-refractivity contribution in [2.75, 3.05) is 27.9 Å². The molecule has 0 radical (unpaired) electrons. The summed E-state index contributed by atoms with van der Waals surface area (Å²) in [6.45, 7) is 2.15. The van der Waals surface area contributed by atoms with Gasteiger partial charge in [0.1, 0.15) is 5.82 Å². The van der Waals surface area contributed by atoms with Crippen molar-refractivity contribution in [2.45, 2.75) is 57.2 Å². The van der Waals surface area contributed by atoms with Crippen molar-refractivity contribution >= 4 is 46.2 Å². The van der Waals surface area contributed by atoms with E-state index in [2.05, 4.69) is 46.5 Å². The van der Waals surface area contributed by atoms with Gasteiger partial charge in [-0.1, -0.05) is 12.2 Å². The van der Waals surface area contributed by atoms with E-state index < -0.39 is 0 Å². The molecule has 12 heteroatoms. The molecule has 1 aliphatic heterocycles. The minimum absolute atomic E-state index is 0.117. The Hall–Kier alpha value is -4.58. The molecule has 0 spiro atoms. The smallest absolute Gasteiger partial charge is 0.259 e. The number of hydrogen-bond acceptors (Lipinski definition) is 10. The van der Waals surface area contributed by atoms with Crippen LogP contribution in [-0.2, 0) is 0 Å². The average molecular weight is 553 g/mol. The fourth-order valence-electron chi connectivity index (χ4n) is 5.40. The number of carbonyl (C=O) groups excluding carboxylic acids is 1. The number of nitrogen functional groups attached to an aromatic ring is 1. The molecule has 5 N–H and O–H groups in total. The van der Waals surface area contributed by atoms with Gasteiger partial charge >= 0.3 is 0 Å². The fraction of sp³-hybridized carbons (Fsp3) is 0.379. The van der Waals surface area contributed by atoms with E-state index in [1.54, 1.807) is 24.8 Å². The molecule has 0 saturated heterocycles. The van der Waals surface area contributed by atoms with Crippen LogP contribution in [0.25, 0.3) is 11.2 Å². The second kappa shape index (κ2) is 10.1. The van der Waals surface area contributed by atoms with E-state index in [4.69, 9.17) is 5.73 Å². The molecule has 4 aliphatic rings. The largest absolute Gasteiger partial charge is 0.396 e. The molecule has 4 aromatic heterocycles. The number of nitrogens with one attached hydrogen (secondary N) is 2. The predicted octanol–water partition coefficient (Wildman–Crippen LogP) is 3.74. The van der Waals surface area contributed by atoms with E-state index in [9.17, 15) is 9.90 Å². The normalized spacial score (nSPS) is 21.0. The summed E-state index contributed by atoms with van der Waals surface area (Å²) in [5.74, 6) is 2.58. The summed E-state index contributed by atoms with van der Waals surface area (Å²) in [4.78, 5) is 36.5. The zero-order valence-corrected chi connectivity index (χ0v) is 22.7. The molecule has 0 unspecified atom stereocenters. The van der Waals surface area contributed by atoms with Gasteiger partial charge in [-0.2, -0.15) is 9.97 Å². The van der Waals surface area contributed by atoms with Crippen LogP contribution < -0.4 is 21.3 Å². The number of allylic oxidation sites excluding steroid dienone is 1. The van der Waals surface area contributed by atoms with Crippen LogP contribution in [0.4, 0.5) is 29.1 Å². The minimum atomic E-state index is -0.117. The number of imidazole rings is 1. The number of amides is 1. The number of rotatable bonds is 5. The highest BCUT2D eigenvalue weighted by molar-refractivity contribution is 6.11. The Kier molecular flexibility index (Phi) is 6.26. The molecule has 4 aromatic rings. The molecule has 0 aromatic carbocycles.